The highest BCUT2D eigenvalue weighted by Crippen LogP contribution is 1.85. The predicted molar refractivity (Wildman–Crippen MR) is 34.6 cm³/mol. The number of hydrogen-bond acceptors (Lipinski definition) is 2. The van der Waals surface area contributed by atoms with Crippen LogP contribution in [-0.4, -0.2) is 17.9 Å². The van der Waals surface area contributed by atoms with E-state index in [1.165, 1.54) is 0 Å². The van der Waals surface area contributed by atoms with Crippen LogP contribution in [0.4, 0.5) is 0 Å². The lowest BCUT2D eigenvalue weighted by Gasteiger charge is -2.04. The highest BCUT2D eigenvalue weighted by Gasteiger charge is 1.98. The predicted octanol–water partition coefficient (Wildman–Crippen LogP) is 0.437. The van der Waals surface area contributed by atoms with E-state index in [-0.39, 0.29) is 0 Å². The van der Waals surface area contributed by atoms with Gasteiger partial charge in [0.2, 0.25) is 0 Å². The molecular formula is C6H12NO2. The molecule has 1 unspecified atom stereocenters. The van der Waals surface area contributed by atoms with Crippen molar-refractivity contribution in [1.82, 2.24) is 5.48 Å². The number of aliphatic hydroxyl groups excluding tert-OH is 1. The van der Waals surface area contributed by atoms with Crippen LogP contribution in [0.1, 0.15) is 13.3 Å². The van der Waals surface area contributed by atoms with Crippen LogP contribution in [0.15, 0.2) is 12.7 Å². The minimum absolute atomic E-state index is 0.358. The topological polar surface area (TPSA) is 43.6 Å². The molecule has 53 valence electrons. The van der Waals surface area contributed by atoms with Crippen molar-refractivity contribution < 1.29 is 9.94 Å². The molecule has 0 bridgehead atoms. The maximum atomic E-state index is 8.76. The molecule has 0 heterocycles. The molecule has 1 radical (unpaired) electrons. The standard InChI is InChI=1S/C6H12NO2/c1-3-5-9-7-6(8)4-2/h3,6,8H,1,4-5H2,2H3. The number of hydrogen-bond donors (Lipinski definition) is 1. The number of nitrogens with zero attached hydrogens (tertiary/aromatic N) is 1. The van der Waals surface area contributed by atoms with Gasteiger partial charge in [-0.2, -0.15) is 0 Å². The van der Waals surface area contributed by atoms with Crippen molar-refractivity contribution in [3.63, 3.8) is 0 Å². The van der Waals surface area contributed by atoms with E-state index in [1.807, 2.05) is 6.92 Å². The van der Waals surface area contributed by atoms with E-state index in [1.54, 1.807) is 6.08 Å². The Kier molecular flexibility index (Phi) is 5.51. The minimum Gasteiger partial charge on any atom is -0.375 e. The second-order valence-corrected chi connectivity index (χ2v) is 1.58. The SMILES string of the molecule is C=CCO[N]C(O)CC. The van der Waals surface area contributed by atoms with Gasteiger partial charge in [-0.3, -0.25) is 4.84 Å². The third-order valence-corrected chi connectivity index (χ3v) is 0.754. The third kappa shape index (κ3) is 5.49. The Labute approximate surface area is 55.3 Å². The van der Waals surface area contributed by atoms with Crippen LogP contribution in [0, 0.1) is 0 Å². The molecule has 3 nitrogen and oxygen atoms in total. The van der Waals surface area contributed by atoms with Crippen LogP contribution in [-0.2, 0) is 4.84 Å². The monoisotopic (exact) mass is 130 g/mol. The fraction of sp³-hybridized carbons (Fsp3) is 0.667. The fourth-order valence-electron chi connectivity index (χ4n) is 0.256. The fourth-order valence-corrected chi connectivity index (χ4v) is 0.256. The molecule has 1 N–H and O–H groups in total. The third-order valence-electron chi connectivity index (χ3n) is 0.754. The summed E-state index contributed by atoms with van der Waals surface area (Å²) in [5.74, 6) is 0. The zero-order valence-electron chi connectivity index (χ0n) is 5.58. The number of hydroxylamine groups is 1. The molecule has 0 aromatic heterocycles. The van der Waals surface area contributed by atoms with Gasteiger partial charge in [0.05, 0.1) is 6.61 Å². The van der Waals surface area contributed by atoms with Gasteiger partial charge in [0, 0.05) is 0 Å². The summed E-state index contributed by atoms with van der Waals surface area (Å²) >= 11 is 0. The van der Waals surface area contributed by atoms with Gasteiger partial charge >= 0.3 is 0 Å². The molecule has 0 spiro atoms. The van der Waals surface area contributed by atoms with Gasteiger partial charge in [0.25, 0.3) is 0 Å². The Morgan fingerprint density at radius 1 is 1.89 bits per heavy atom. The Hall–Kier alpha value is -0.380. The lowest BCUT2D eigenvalue weighted by molar-refractivity contribution is -0.0543. The summed E-state index contributed by atoms with van der Waals surface area (Å²) in [4.78, 5) is 4.59. The molecule has 9 heavy (non-hydrogen) atoms. The van der Waals surface area contributed by atoms with Gasteiger partial charge in [-0.15, -0.1) is 6.58 Å². The van der Waals surface area contributed by atoms with Crippen LogP contribution in [0.3, 0.4) is 0 Å². The molecule has 1 atom stereocenters. The summed E-state index contributed by atoms with van der Waals surface area (Å²) < 4.78 is 0. The molecule has 0 fully saturated rings. The normalized spacial score (nSPS) is 13.1. The van der Waals surface area contributed by atoms with Crippen molar-refractivity contribution in [2.24, 2.45) is 0 Å². The summed E-state index contributed by atoms with van der Waals surface area (Å²) in [5.41, 5.74) is 3.42. The lowest BCUT2D eigenvalue weighted by Crippen LogP contribution is -2.20. The molecule has 0 aromatic rings. The van der Waals surface area contributed by atoms with Crippen molar-refractivity contribution in [3.8, 4) is 0 Å². The van der Waals surface area contributed by atoms with Gasteiger partial charge in [0.15, 0.2) is 0 Å². The van der Waals surface area contributed by atoms with E-state index in [2.05, 4.69) is 16.9 Å². The average molecular weight is 130 g/mol. The van der Waals surface area contributed by atoms with E-state index in [4.69, 9.17) is 5.11 Å². The molecule has 3 heteroatoms. The van der Waals surface area contributed by atoms with Crippen molar-refractivity contribution >= 4 is 0 Å². The summed E-state index contributed by atoms with van der Waals surface area (Å²) in [6.07, 6.45) is 1.47. The Bertz CT molecular complexity index is 75.5. The first kappa shape index (κ1) is 8.62. The van der Waals surface area contributed by atoms with Crippen LogP contribution < -0.4 is 5.48 Å². The van der Waals surface area contributed by atoms with E-state index in [9.17, 15) is 0 Å². The van der Waals surface area contributed by atoms with E-state index >= 15 is 0 Å². The summed E-state index contributed by atoms with van der Waals surface area (Å²) in [6, 6.07) is 0. The largest absolute Gasteiger partial charge is 0.375 e. The maximum absolute atomic E-state index is 8.76. The van der Waals surface area contributed by atoms with Crippen molar-refractivity contribution in [1.29, 1.82) is 0 Å². The first-order valence-corrected chi connectivity index (χ1v) is 2.92. The van der Waals surface area contributed by atoms with Crippen molar-refractivity contribution in [2.45, 2.75) is 19.6 Å². The smallest absolute Gasteiger partial charge is 0.148 e. The van der Waals surface area contributed by atoms with Gasteiger partial charge in [-0.05, 0) is 6.42 Å². The zero-order valence-corrected chi connectivity index (χ0v) is 5.58. The molecule has 0 aromatic carbocycles. The summed E-state index contributed by atoms with van der Waals surface area (Å²) in [6.45, 7) is 5.60. The lowest BCUT2D eigenvalue weighted by atomic mass is 10.4. The first-order valence-electron chi connectivity index (χ1n) is 2.92. The number of aliphatic hydroxyl groups is 1. The molecule has 0 saturated heterocycles. The second kappa shape index (κ2) is 5.75. The number of rotatable bonds is 5. The Morgan fingerprint density at radius 2 is 2.56 bits per heavy atom. The van der Waals surface area contributed by atoms with Gasteiger partial charge in [-0.1, -0.05) is 18.5 Å². The van der Waals surface area contributed by atoms with E-state index in [0.29, 0.717) is 13.0 Å². The van der Waals surface area contributed by atoms with E-state index in [0.717, 1.165) is 0 Å². The van der Waals surface area contributed by atoms with Crippen LogP contribution >= 0.6 is 0 Å². The van der Waals surface area contributed by atoms with Gasteiger partial charge in [-0.25, -0.2) is 0 Å². The van der Waals surface area contributed by atoms with Crippen LogP contribution in [0.5, 0.6) is 0 Å². The maximum Gasteiger partial charge on any atom is 0.148 e. The Morgan fingerprint density at radius 3 is 3.00 bits per heavy atom. The average Bonchev–Trinajstić information content (AvgIpc) is 1.89. The zero-order chi connectivity index (χ0) is 7.11. The first-order chi connectivity index (χ1) is 4.31. The minimum atomic E-state index is -0.690. The molecule has 0 saturated carbocycles. The molecular weight excluding hydrogens is 118 g/mol. The molecule has 0 amide bonds. The molecule has 0 rings (SSSR count). The van der Waals surface area contributed by atoms with E-state index < -0.39 is 6.23 Å². The molecule has 0 aliphatic rings. The quantitative estimate of drug-likeness (QED) is 0.333. The van der Waals surface area contributed by atoms with Gasteiger partial charge in [0.1, 0.15) is 6.23 Å². The van der Waals surface area contributed by atoms with Crippen LogP contribution in [0.2, 0.25) is 0 Å². The van der Waals surface area contributed by atoms with Crippen LogP contribution in [0.25, 0.3) is 0 Å². The summed E-state index contributed by atoms with van der Waals surface area (Å²) in [7, 11) is 0. The molecule has 0 aliphatic carbocycles. The summed E-state index contributed by atoms with van der Waals surface area (Å²) in [5, 5.41) is 8.76. The van der Waals surface area contributed by atoms with Crippen molar-refractivity contribution in [3.05, 3.63) is 12.7 Å². The van der Waals surface area contributed by atoms with Gasteiger partial charge < -0.3 is 5.11 Å². The highest BCUT2D eigenvalue weighted by molar-refractivity contribution is 4.62. The highest BCUT2D eigenvalue weighted by atomic mass is 16.7. The Balaban J connectivity index is 2.96. The van der Waals surface area contributed by atoms with Crippen molar-refractivity contribution in [2.75, 3.05) is 6.61 Å². The second-order valence-electron chi connectivity index (χ2n) is 1.58. The molecule has 0 aliphatic heterocycles.